The van der Waals surface area contributed by atoms with Crippen molar-refractivity contribution in [3.63, 3.8) is 0 Å². The van der Waals surface area contributed by atoms with Gasteiger partial charge in [-0.2, -0.15) is 0 Å². The molecule has 1 aliphatic rings. The predicted octanol–water partition coefficient (Wildman–Crippen LogP) is 3.89. The summed E-state index contributed by atoms with van der Waals surface area (Å²) in [6.07, 6.45) is 0.171. The minimum absolute atomic E-state index is 0.204. The number of fused-ring (bicyclic) bond motifs is 1. The lowest BCUT2D eigenvalue weighted by atomic mass is 9.89. The third kappa shape index (κ3) is 2.24. The highest BCUT2D eigenvalue weighted by Gasteiger charge is 2.48. The lowest BCUT2D eigenvalue weighted by Crippen LogP contribution is -2.41. The number of alkyl halides is 1. The molecule has 2 aromatic carbocycles. The third-order valence-corrected chi connectivity index (χ3v) is 4.91. The average molecular weight is 347 g/mol. The summed E-state index contributed by atoms with van der Waals surface area (Å²) in [5.41, 5.74) is 2.75. The number of benzene rings is 2. The van der Waals surface area contributed by atoms with Crippen LogP contribution >= 0.6 is 15.9 Å². The van der Waals surface area contributed by atoms with Crippen molar-refractivity contribution in [1.82, 2.24) is 0 Å². The smallest absolute Gasteiger partial charge is 0.212 e. The van der Waals surface area contributed by atoms with E-state index >= 15 is 0 Å². The summed E-state index contributed by atoms with van der Waals surface area (Å²) in [6.45, 7) is 0. The standard InChI is InChI=1S/C17H15BrO3/c1-20-17(12-7-3-2-4-8-12)16(18)14-10-6-5-9-13(14)15(11-19)21-17/h2-11,15-16H,1H3. The summed E-state index contributed by atoms with van der Waals surface area (Å²) in [5.74, 6) is -1.03. The van der Waals surface area contributed by atoms with Gasteiger partial charge in [-0.15, -0.1) is 0 Å². The maximum atomic E-state index is 11.5. The minimum Gasteiger partial charge on any atom is -0.348 e. The van der Waals surface area contributed by atoms with Gasteiger partial charge in [0.1, 0.15) is 6.10 Å². The molecule has 0 saturated heterocycles. The van der Waals surface area contributed by atoms with Crippen LogP contribution in [0.15, 0.2) is 54.6 Å². The fourth-order valence-corrected chi connectivity index (χ4v) is 3.75. The number of halogens is 1. The van der Waals surface area contributed by atoms with E-state index in [2.05, 4.69) is 15.9 Å². The molecule has 0 fully saturated rings. The minimum atomic E-state index is -1.03. The lowest BCUT2D eigenvalue weighted by Gasteiger charge is -2.43. The lowest BCUT2D eigenvalue weighted by molar-refractivity contribution is -0.258. The Hall–Kier alpha value is -1.49. The van der Waals surface area contributed by atoms with E-state index in [1.807, 2.05) is 54.6 Å². The Morgan fingerprint density at radius 3 is 2.33 bits per heavy atom. The van der Waals surface area contributed by atoms with E-state index in [1.54, 1.807) is 7.11 Å². The molecule has 2 aromatic rings. The molecule has 0 amide bonds. The second kappa shape index (κ2) is 5.72. The van der Waals surface area contributed by atoms with Crippen molar-refractivity contribution in [1.29, 1.82) is 0 Å². The van der Waals surface area contributed by atoms with Gasteiger partial charge in [0.2, 0.25) is 5.79 Å². The van der Waals surface area contributed by atoms with Gasteiger partial charge in [-0.3, -0.25) is 0 Å². The van der Waals surface area contributed by atoms with Gasteiger partial charge in [0, 0.05) is 12.7 Å². The molecule has 0 N–H and O–H groups in total. The van der Waals surface area contributed by atoms with E-state index in [9.17, 15) is 4.79 Å². The van der Waals surface area contributed by atoms with E-state index in [0.29, 0.717) is 0 Å². The second-order valence-electron chi connectivity index (χ2n) is 4.90. The van der Waals surface area contributed by atoms with Crippen LogP contribution < -0.4 is 0 Å². The number of aldehydes is 1. The van der Waals surface area contributed by atoms with Crippen molar-refractivity contribution in [3.8, 4) is 0 Å². The van der Waals surface area contributed by atoms with Gasteiger partial charge < -0.3 is 14.3 Å². The molecule has 108 valence electrons. The van der Waals surface area contributed by atoms with E-state index in [0.717, 1.165) is 23.0 Å². The highest BCUT2D eigenvalue weighted by molar-refractivity contribution is 9.09. The number of hydrogen-bond acceptors (Lipinski definition) is 3. The molecule has 3 atom stereocenters. The molecule has 0 saturated carbocycles. The van der Waals surface area contributed by atoms with Gasteiger partial charge in [0.15, 0.2) is 6.29 Å². The summed E-state index contributed by atoms with van der Waals surface area (Å²) in [4.78, 5) is 11.3. The van der Waals surface area contributed by atoms with Crippen LogP contribution in [-0.4, -0.2) is 13.4 Å². The first-order valence-electron chi connectivity index (χ1n) is 6.69. The Kier molecular flexibility index (Phi) is 3.93. The molecule has 1 heterocycles. The SMILES string of the molecule is COC1(c2ccccc2)OC(C=O)c2ccccc2C1Br. The molecule has 0 radical (unpaired) electrons. The van der Waals surface area contributed by atoms with E-state index in [-0.39, 0.29) is 4.83 Å². The van der Waals surface area contributed by atoms with Crippen LogP contribution in [-0.2, 0) is 20.1 Å². The summed E-state index contributed by atoms with van der Waals surface area (Å²) in [6, 6.07) is 17.4. The molecule has 0 spiro atoms. The summed E-state index contributed by atoms with van der Waals surface area (Å²) in [5, 5.41) is 0. The van der Waals surface area contributed by atoms with Crippen LogP contribution in [0.3, 0.4) is 0 Å². The van der Waals surface area contributed by atoms with Gasteiger partial charge in [-0.1, -0.05) is 70.5 Å². The third-order valence-electron chi connectivity index (χ3n) is 3.81. The molecule has 3 rings (SSSR count). The average Bonchev–Trinajstić information content (AvgIpc) is 2.57. The normalized spacial score (nSPS) is 27.9. The van der Waals surface area contributed by atoms with Crippen molar-refractivity contribution in [3.05, 3.63) is 71.3 Å². The van der Waals surface area contributed by atoms with E-state index in [4.69, 9.17) is 9.47 Å². The maximum Gasteiger partial charge on any atom is 0.212 e. The van der Waals surface area contributed by atoms with E-state index in [1.165, 1.54) is 0 Å². The Morgan fingerprint density at radius 2 is 1.71 bits per heavy atom. The number of methoxy groups -OCH3 is 1. The zero-order chi connectivity index (χ0) is 14.9. The number of carbonyl (C=O) groups excluding carboxylic acids is 1. The van der Waals surface area contributed by atoms with Gasteiger partial charge in [-0.25, -0.2) is 0 Å². The van der Waals surface area contributed by atoms with Crippen molar-refractivity contribution in [2.75, 3.05) is 7.11 Å². The number of ether oxygens (including phenoxy) is 2. The molecule has 4 heteroatoms. The van der Waals surface area contributed by atoms with Gasteiger partial charge in [0.25, 0.3) is 0 Å². The van der Waals surface area contributed by atoms with Crippen molar-refractivity contribution >= 4 is 22.2 Å². The predicted molar refractivity (Wildman–Crippen MR) is 83.1 cm³/mol. The maximum absolute atomic E-state index is 11.5. The van der Waals surface area contributed by atoms with Crippen molar-refractivity contribution in [2.24, 2.45) is 0 Å². The monoisotopic (exact) mass is 346 g/mol. The first-order chi connectivity index (χ1) is 10.2. The first-order valence-corrected chi connectivity index (χ1v) is 7.61. The van der Waals surface area contributed by atoms with Crippen LogP contribution in [0, 0.1) is 0 Å². The zero-order valence-corrected chi connectivity index (χ0v) is 13.1. The molecule has 0 aromatic heterocycles. The van der Waals surface area contributed by atoms with Crippen LogP contribution in [0.1, 0.15) is 27.6 Å². The molecule has 3 unspecified atom stereocenters. The van der Waals surface area contributed by atoms with Crippen LogP contribution in [0.5, 0.6) is 0 Å². The zero-order valence-electron chi connectivity index (χ0n) is 11.5. The number of rotatable bonds is 3. The summed E-state index contributed by atoms with van der Waals surface area (Å²) in [7, 11) is 1.59. The van der Waals surface area contributed by atoms with Crippen LogP contribution in [0.2, 0.25) is 0 Å². The molecule has 0 aliphatic carbocycles. The number of hydrogen-bond donors (Lipinski definition) is 0. The Bertz CT molecular complexity index is 643. The fourth-order valence-electron chi connectivity index (χ4n) is 2.77. The Balaban J connectivity index is 2.18. The first kappa shape index (κ1) is 14.4. The molecule has 0 bridgehead atoms. The molecular formula is C17H15BrO3. The van der Waals surface area contributed by atoms with Gasteiger partial charge >= 0.3 is 0 Å². The largest absolute Gasteiger partial charge is 0.348 e. The van der Waals surface area contributed by atoms with Gasteiger partial charge in [-0.05, 0) is 11.1 Å². The van der Waals surface area contributed by atoms with Crippen LogP contribution in [0.25, 0.3) is 0 Å². The quantitative estimate of drug-likeness (QED) is 0.624. The molecule has 3 nitrogen and oxygen atoms in total. The second-order valence-corrected chi connectivity index (χ2v) is 5.82. The van der Waals surface area contributed by atoms with Gasteiger partial charge in [0.05, 0.1) is 4.83 Å². The highest BCUT2D eigenvalue weighted by Crippen LogP contribution is 2.52. The molecule has 21 heavy (non-hydrogen) atoms. The van der Waals surface area contributed by atoms with Crippen molar-refractivity contribution in [2.45, 2.75) is 16.7 Å². The van der Waals surface area contributed by atoms with Crippen molar-refractivity contribution < 1.29 is 14.3 Å². The fraction of sp³-hybridized carbons (Fsp3) is 0.235. The highest BCUT2D eigenvalue weighted by atomic mass is 79.9. The Morgan fingerprint density at radius 1 is 1.10 bits per heavy atom. The Labute approximate surface area is 132 Å². The topological polar surface area (TPSA) is 35.5 Å². The summed E-state index contributed by atoms with van der Waals surface area (Å²) < 4.78 is 11.8. The summed E-state index contributed by atoms with van der Waals surface area (Å²) >= 11 is 3.70. The van der Waals surface area contributed by atoms with E-state index < -0.39 is 11.9 Å². The van der Waals surface area contributed by atoms with Crippen LogP contribution in [0.4, 0.5) is 0 Å². The molecule has 1 aliphatic heterocycles. The number of carbonyl (C=O) groups is 1. The molecular weight excluding hydrogens is 332 g/mol.